The number of nitrogens with zero attached hydrogens (tertiary/aromatic N) is 1. The third-order valence-electron chi connectivity index (χ3n) is 11.0. The number of hydroxylamine groups is 3. The molecule has 1 aromatic heterocycles. The van der Waals surface area contributed by atoms with E-state index < -0.39 is 103 Å². The quantitative estimate of drug-likeness (QED) is 0.0376. The van der Waals surface area contributed by atoms with Gasteiger partial charge >= 0.3 is 15.7 Å². The predicted molar refractivity (Wildman–Crippen MR) is 242 cm³/mol. The van der Waals surface area contributed by atoms with Crippen molar-refractivity contribution in [3.05, 3.63) is 117 Å². The predicted octanol–water partition coefficient (Wildman–Crippen LogP) is 4.34. The zero-order valence-electron chi connectivity index (χ0n) is 37.8. The summed E-state index contributed by atoms with van der Waals surface area (Å²) in [6.07, 6.45) is 0.630. The highest BCUT2D eigenvalue weighted by Crippen LogP contribution is 2.32. The van der Waals surface area contributed by atoms with E-state index in [1.807, 2.05) is 44.2 Å². The molecule has 4 aromatic rings. The lowest BCUT2D eigenvalue weighted by molar-refractivity contribution is -0.880. The van der Waals surface area contributed by atoms with Gasteiger partial charge in [-0.3, -0.25) is 19.2 Å². The Morgan fingerprint density at radius 2 is 1.36 bits per heavy atom. The summed E-state index contributed by atoms with van der Waals surface area (Å²) in [6.45, 7) is 8.76. The number of amides is 4. The molecule has 0 radical (unpaired) electrons. The normalized spacial score (nSPS) is 15.7. The number of quaternary nitrogens is 1. The van der Waals surface area contributed by atoms with Crippen molar-refractivity contribution < 1.29 is 54.4 Å². The molecule has 4 atom stereocenters. The second-order valence-electron chi connectivity index (χ2n) is 17.6. The molecule has 0 bridgehead atoms. The lowest BCUT2D eigenvalue weighted by atomic mass is 9.99. The van der Waals surface area contributed by atoms with Gasteiger partial charge in [-0.25, -0.2) is 9.18 Å². The molecule has 0 saturated carbocycles. The fourth-order valence-electron chi connectivity index (χ4n) is 7.75. The zero-order valence-corrected chi connectivity index (χ0v) is 38.6. The number of nitrogens with one attached hydrogen (secondary N) is 4. The molecule has 1 aliphatic heterocycles. The Bertz CT molecular complexity index is 2480. The minimum atomic E-state index is -4.86. The van der Waals surface area contributed by atoms with Crippen molar-refractivity contribution in [3.63, 3.8) is 0 Å². The number of hydrogen-bond acceptors (Lipinski definition) is 11. The van der Waals surface area contributed by atoms with Crippen molar-refractivity contribution in [1.82, 2.24) is 21.3 Å². The van der Waals surface area contributed by atoms with Crippen molar-refractivity contribution in [2.75, 3.05) is 38.6 Å². The number of halogens is 2. The van der Waals surface area contributed by atoms with Gasteiger partial charge in [0, 0.05) is 23.9 Å². The fourth-order valence-corrected chi connectivity index (χ4v) is 8.94. The molecule has 3 aromatic carbocycles. The van der Waals surface area contributed by atoms with Gasteiger partial charge in [0.05, 0.1) is 13.2 Å². The van der Waals surface area contributed by atoms with Crippen molar-refractivity contribution in [2.45, 2.75) is 90.9 Å². The second kappa shape index (κ2) is 23.1. The van der Waals surface area contributed by atoms with Crippen LogP contribution in [0.3, 0.4) is 0 Å². The molecular weight excluding hydrogens is 881 g/mol. The summed E-state index contributed by atoms with van der Waals surface area (Å²) in [5.74, 6) is -8.37. The third kappa shape index (κ3) is 15.1. The summed E-state index contributed by atoms with van der Waals surface area (Å²) in [5, 5.41) is 24.1. The maximum absolute atomic E-state index is 15.5. The monoisotopic (exact) mass is 939 g/mol. The first-order valence-corrected chi connectivity index (χ1v) is 23.6. The van der Waals surface area contributed by atoms with Gasteiger partial charge in [-0.1, -0.05) is 88.4 Å². The minimum absolute atomic E-state index is 0.0549. The number of ether oxygens (including phenoxy) is 1. The first-order valence-electron chi connectivity index (χ1n) is 22.0. The number of carbonyl (C=O) groups is 4. The van der Waals surface area contributed by atoms with Crippen LogP contribution >= 0.6 is 0 Å². The minimum Gasteiger partial charge on any atom is -0.632 e. The Labute approximate surface area is 383 Å². The van der Waals surface area contributed by atoms with E-state index >= 15 is 8.78 Å². The molecule has 2 heterocycles. The summed E-state index contributed by atoms with van der Waals surface area (Å²) in [5.41, 5.74) is 0.0747. The second-order valence-corrected chi connectivity index (χ2v) is 19.2. The van der Waals surface area contributed by atoms with Crippen LogP contribution in [-0.2, 0) is 46.9 Å². The summed E-state index contributed by atoms with van der Waals surface area (Å²) in [6, 6.07) is 14.9. The van der Waals surface area contributed by atoms with E-state index in [0.717, 1.165) is 17.7 Å². The number of rotatable bonds is 22. The van der Waals surface area contributed by atoms with E-state index in [1.54, 1.807) is 44.2 Å². The van der Waals surface area contributed by atoms with Gasteiger partial charge in [0.25, 0.3) is 5.91 Å². The molecule has 5 rings (SSSR count). The van der Waals surface area contributed by atoms with Crippen LogP contribution in [0.1, 0.15) is 63.6 Å². The molecule has 4 N–H and O–H groups in total. The molecule has 4 amide bonds. The smallest absolute Gasteiger partial charge is 0.336 e. The van der Waals surface area contributed by atoms with E-state index in [4.69, 9.17) is 13.3 Å². The summed E-state index contributed by atoms with van der Waals surface area (Å²) < 4.78 is 72.0. The highest BCUT2D eigenvalue weighted by atomic mass is 32.2. The van der Waals surface area contributed by atoms with Crippen LogP contribution in [0.15, 0.2) is 82.0 Å². The maximum atomic E-state index is 15.5. The standard InChI is InChI=1S/C47H59F2N5O11S/c1-29(2)22-34(28-66(61,62)65-44-36(48)26-35-31(5)24-41(56)64-43(35)42(44)49)50-46(58)39(25-33-14-10-7-11-15-33)53-47(59)38(23-30(3)4)52-45(57)37(17-16-32-12-8-6-9-13-32)51-40(55)27-54(60)18-20-63-21-19-54/h6-15,24,26,29-30,34,37-39H,16-23,25,27-28H2,1-5H3,(H,50,58)(H,51,55)(H,52,57)(H,53,59)/t34-,37-,38-,39-/m0/s1. The summed E-state index contributed by atoms with van der Waals surface area (Å²) in [4.78, 5) is 67.9. The Balaban J connectivity index is 1.36. The van der Waals surface area contributed by atoms with E-state index in [2.05, 4.69) is 21.3 Å². The van der Waals surface area contributed by atoms with Crippen molar-refractivity contribution in [1.29, 1.82) is 0 Å². The largest absolute Gasteiger partial charge is 0.632 e. The van der Waals surface area contributed by atoms with E-state index in [1.165, 1.54) is 6.92 Å². The third-order valence-corrected chi connectivity index (χ3v) is 12.2. The molecule has 0 aliphatic carbocycles. The zero-order chi connectivity index (χ0) is 48.2. The van der Waals surface area contributed by atoms with Gasteiger partial charge in [-0.15, -0.1) is 0 Å². The Morgan fingerprint density at radius 1 is 0.788 bits per heavy atom. The average Bonchev–Trinajstić information content (AvgIpc) is 3.24. The maximum Gasteiger partial charge on any atom is 0.336 e. The van der Waals surface area contributed by atoms with E-state index in [-0.39, 0.29) is 74.8 Å². The molecule has 66 heavy (non-hydrogen) atoms. The SMILES string of the molecule is Cc1cc(=O)oc2c(F)c(OS(=O)(=O)C[C@H](CC(C)C)NC(=O)[C@H](Cc3ccccc3)NC(=O)[C@H](CC(C)C)NC(=O)[C@H](CCc3ccccc3)NC(=O)C[N+]3([O-])CCOCC3)c(F)cc12. The number of carbonyl (C=O) groups excluding carboxylic acids is 4. The fraction of sp³-hybridized carbons (Fsp3) is 0.468. The van der Waals surface area contributed by atoms with Gasteiger partial charge in [0.1, 0.15) is 37.0 Å². The molecule has 0 unspecified atom stereocenters. The van der Waals surface area contributed by atoms with Crippen molar-refractivity contribution in [2.24, 2.45) is 11.8 Å². The van der Waals surface area contributed by atoms with Gasteiger partial charge in [-0.05, 0) is 67.2 Å². The highest BCUT2D eigenvalue weighted by Gasteiger charge is 2.34. The molecule has 358 valence electrons. The average molecular weight is 940 g/mol. The van der Waals surface area contributed by atoms with Gasteiger partial charge in [0.15, 0.2) is 17.9 Å². The number of aryl methyl sites for hydroxylation is 2. The van der Waals surface area contributed by atoms with Crippen LogP contribution < -0.4 is 31.1 Å². The molecule has 0 spiro atoms. The van der Waals surface area contributed by atoms with Crippen LogP contribution in [0.2, 0.25) is 0 Å². The van der Waals surface area contributed by atoms with Crippen LogP contribution in [0.5, 0.6) is 5.75 Å². The Morgan fingerprint density at radius 3 is 1.98 bits per heavy atom. The molecule has 1 saturated heterocycles. The number of hydrogen-bond donors (Lipinski definition) is 4. The summed E-state index contributed by atoms with van der Waals surface area (Å²) >= 11 is 0. The lowest BCUT2D eigenvalue weighted by Gasteiger charge is -2.44. The molecule has 1 fully saturated rings. The lowest BCUT2D eigenvalue weighted by Crippen LogP contribution is -2.60. The Hall–Kier alpha value is -5.76. The van der Waals surface area contributed by atoms with Crippen molar-refractivity contribution >= 4 is 44.7 Å². The number of fused-ring (bicyclic) bond motifs is 1. The Kier molecular flexibility index (Phi) is 17.9. The van der Waals surface area contributed by atoms with Crippen LogP contribution in [0.4, 0.5) is 8.78 Å². The highest BCUT2D eigenvalue weighted by molar-refractivity contribution is 7.87. The topological polar surface area (TPSA) is 222 Å². The molecule has 19 heteroatoms. The van der Waals surface area contributed by atoms with Gasteiger partial charge in [0.2, 0.25) is 29.3 Å². The first-order chi connectivity index (χ1) is 31.2. The number of morpholine rings is 1. The summed E-state index contributed by atoms with van der Waals surface area (Å²) in [7, 11) is -4.86. The number of benzene rings is 3. The van der Waals surface area contributed by atoms with Crippen LogP contribution in [0, 0.1) is 35.6 Å². The van der Waals surface area contributed by atoms with Gasteiger partial charge < -0.3 is 44.5 Å². The van der Waals surface area contributed by atoms with Crippen LogP contribution in [-0.4, -0.2) is 99.5 Å². The van der Waals surface area contributed by atoms with E-state index in [0.29, 0.717) is 12.0 Å². The molecular formula is C47H59F2N5O11S. The van der Waals surface area contributed by atoms with Gasteiger partial charge in [-0.2, -0.15) is 12.8 Å². The van der Waals surface area contributed by atoms with Crippen molar-refractivity contribution in [3.8, 4) is 5.75 Å². The molecule has 1 aliphatic rings. The van der Waals surface area contributed by atoms with E-state index in [9.17, 15) is 37.6 Å². The van der Waals surface area contributed by atoms with Crippen LogP contribution in [0.25, 0.3) is 11.0 Å². The first kappa shape index (κ1) is 51.2. The molecule has 16 nitrogen and oxygen atoms in total.